The van der Waals surface area contributed by atoms with Crippen molar-refractivity contribution in [3.63, 3.8) is 0 Å². The van der Waals surface area contributed by atoms with Crippen LogP contribution in [0.2, 0.25) is 5.02 Å². The van der Waals surface area contributed by atoms with Crippen LogP contribution in [0.3, 0.4) is 0 Å². The van der Waals surface area contributed by atoms with Crippen molar-refractivity contribution in [1.82, 2.24) is 5.32 Å². The molecule has 2 N–H and O–H groups in total. The van der Waals surface area contributed by atoms with Gasteiger partial charge < -0.3 is 14.8 Å². The molecule has 2 rings (SSSR count). The molecule has 0 aliphatic heterocycles. The number of hydrogen-bond acceptors (Lipinski definition) is 3. The zero-order valence-electron chi connectivity index (χ0n) is 10.9. The van der Waals surface area contributed by atoms with Gasteiger partial charge in [-0.05, 0) is 37.2 Å². The number of benzene rings is 1. The number of hydrogen-bond donors (Lipinski definition) is 2. The molecule has 1 aromatic carbocycles. The lowest BCUT2D eigenvalue weighted by molar-refractivity contribution is -0.137. The minimum Gasteiger partial charge on any atom is -0.481 e. The summed E-state index contributed by atoms with van der Waals surface area (Å²) in [6, 6.07) is 11.3. The highest BCUT2D eigenvalue weighted by Crippen LogP contribution is 2.24. The van der Waals surface area contributed by atoms with Crippen LogP contribution in [0.1, 0.15) is 18.6 Å². The fourth-order valence-corrected chi connectivity index (χ4v) is 2.04. The average molecular weight is 294 g/mol. The Kier molecular flexibility index (Phi) is 5.21. The van der Waals surface area contributed by atoms with E-state index in [-0.39, 0.29) is 6.42 Å². The molecule has 4 nitrogen and oxygen atoms in total. The third-order valence-electron chi connectivity index (χ3n) is 2.81. The molecule has 1 heterocycles. The Morgan fingerprint density at radius 2 is 2.15 bits per heavy atom. The Bertz CT molecular complexity index is 580. The predicted molar refractivity (Wildman–Crippen MR) is 77.7 cm³/mol. The van der Waals surface area contributed by atoms with Gasteiger partial charge in [-0.2, -0.15) is 0 Å². The van der Waals surface area contributed by atoms with Gasteiger partial charge in [0, 0.05) is 17.0 Å². The van der Waals surface area contributed by atoms with Gasteiger partial charge in [0.05, 0.1) is 6.54 Å². The normalized spacial score (nSPS) is 10.7. The molecule has 0 fully saturated rings. The summed E-state index contributed by atoms with van der Waals surface area (Å²) in [4.78, 5) is 10.4. The lowest BCUT2D eigenvalue weighted by Crippen LogP contribution is -2.15. The van der Waals surface area contributed by atoms with Crippen LogP contribution in [-0.4, -0.2) is 17.6 Å². The average Bonchev–Trinajstić information content (AvgIpc) is 2.87. The van der Waals surface area contributed by atoms with Crippen LogP contribution in [-0.2, 0) is 11.3 Å². The first-order valence-corrected chi connectivity index (χ1v) is 6.80. The van der Waals surface area contributed by atoms with Crippen LogP contribution in [0.25, 0.3) is 11.3 Å². The second-order valence-electron chi connectivity index (χ2n) is 4.45. The number of rotatable bonds is 7. The molecule has 0 amide bonds. The maximum atomic E-state index is 10.4. The molecule has 0 aliphatic carbocycles. The molecule has 0 aliphatic rings. The molecule has 0 atom stereocenters. The Morgan fingerprint density at radius 3 is 2.90 bits per heavy atom. The summed E-state index contributed by atoms with van der Waals surface area (Å²) in [5.74, 6) is 0.818. The number of furan rings is 1. The van der Waals surface area contributed by atoms with Crippen LogP contribution >= 0.6 is 11.6 Å². The van der Waals surface area contributed by atoms with Crippen LogP contribution in [0.5, 0.6) is 0 Å². The second-order valence-corrected chi connectivity index (χ2v) is 4.89. The smallest absolute Gasteiger partial charge is 0.303 e. The van der Waals surface area contributed by atoms with Gasteiger partial charge in [0.15, 0.2) is 0 Å². The molecule has 0 radical (unpaired) electrons. The summed E-state index contributed by atoms with van der Waals surface area (Å²) in [5, 5.41) is 12.3. The fraction of sp³-hybridized carbons (Fsp3) is 0.267. The van der Waals surface area contributed by atoms with Crippen molar-refractivity contribution in [3.05, 3.63) is 47.2 Å². The number of halogens is 1. The van der Waals surface area contributed by atoms with E-state index in [0.717, 1.165) is 17.1 Å². The molecule has 1 aromatic heterocycles. The summed E-state index contributed by atoms with van der Waals surface area (Å²) >= 11 is 5.94. The largest absolute Gasteiger partial charge is 0.481 e. The molecule has 106 valence electrons. The summed E-state index contributed by atoms with van der Waals surface area (Å²) in [7, 11) is 0. The van der Waals surface area contributed by atoms with Gasteiger partial charge in [-0.3, -0.25) is 4.79 Å². The van der Waals surface area contributed by atoms with E-state index in [1.807, 2.05) is 36.4 Å². The second kappa shape index (κ2) is 7.12. The Hall–Kier alpha value is -1.78. The predicted octanol–water partition coefficient (Wildman–Crippen LogP) is 3.55. The summed E-state index contributed by atoms with van der Waals surface area (Å²) in [6.45, 7) is 1.24. The Morgan fingerprint density at radius 1 is 1.30 bits per heavy atom. The van der Waals surface area contributed by atoms with Crippen LogP contribution in [0, 0.1) is 0 Å². The Balaban J connectivity index is 1.85. The zero-order valence-corrected chi connectivity index (χ0v) is 11.7. The first-order valence-electron chi connectivity index (χ1n) is 6.42. The van der Waals surface area contributed by atoms with Gasteiger partial charge in [-0.15, -0.1) is 0 Å². The van der Waals surface area contributed by atoms with Crippen molar-refractivity contribution < 1.29 is 14.3 Å². The third-order valence-corrected chi connectivity index (χ3v) is 3.05. The van der Waals surface area contributed by atoms with Crippen molar-refractivity contribution in [2.24, 2.45) is 0 Å². The highest BCUT2D eigenvalue weighted by molar-refractivity contribution is 6.30. The van der Waals surface area contributed by atoms with Gasteiger partial charge in [0.2, 0.25) is 0 Å². The van der Waals surface area contributed by atoms with E-state index in [4.69, 9.17) is 21.1 Å². The zero-order chi connectivity index (χ0) is 14.4. The van der Waals surface area contributed by atoms with Gasteiger partial charge in [-0.25, -0.2) is 0 Å². The van der Waals surface area contributed by atoms with Crippen molar-refractivity contribution in [1.29, 1.82) is 0 Å². The van der Waals surface area contributed by atoms with E-state index in [2.05, 4.69) is 5.32 Å². The highest BCUT2D eigenvalue weighted by atomic mass is 35.5. The van der Waals surface area contributed by atoms with E-state index in [0.29, 0.717) is 24.5 Å². The summed E-state index contributed by atoms with van der Waals surface area (Å²) < 4.78 is 5.71. The van der Waals surface area contributed by atoms with E-state index in [1.165, 1.54) is 0 Å². The molecular weight excluding hydrogens is 278 g/mol. The monoisotopic (exact) mass is 293 g/mol. The fourth-order valence-electron chi connectivity index (χ4n) is 1.85. The quantitative estimate of drug-likeness (QED) is 0.766. The lowest BCUT2D eigenvalue weighted by Gasteiger charge is -2.01. The topological polar surface area (TPSA) is 62.5 Å². The van der Waals surface area contributed by atoms with Crippen LogP contribution < -0.4 is 5.32 Å². The number of aliphatic carboxylic acids is 1. The SMILES string of the molecule is O=C(O)CCCNCc1ccc(-c2cccc(Cl)c2)o1. The van der Waals surface area contributed by atoms with Crippen molar-refractivity contribution in [2.75, 3.05) is 6.54 Å². The van der Waals surface area contributed by atoms with Gasteiger partial charge in [0.1, 0.15) is 11.5 Å². The summed E-state index contributed by atoms with van der Waals surface area (Å²) in [5.41, 5.74) is 0.939. The van der Waals surface area contributed by atoms with E-state index < -0.39 is 5.97 Å². The van der Waals surface area contributed by atoms with Crippen molar-refractivity contribution in [2.45, 2.75) is 19.4 Å². The maximum absolute atomic E-state index is 10.4. The molecule has 0 saturated carbocycles. The molecule has 0 unspecified atom stereocenters. The molecule has 0 saturated heterocycles. The van der Waals surface area contributed by atoms with Crippen molar-refractivity contribution in [3.8, 4) is 11.3 Å². The lowest BCUT2D eigenvalue weighted by atomic mass is 10.2. The third kappa shape index (κ3) is 4.40. The van der Waals surface area contributed by atoms with E-state index in [1.54, 1.807) is 0 Å². The van der Waals surface area contributed by atoms with Crippen LogP contribution in [0.15, 0.2) is 40.8 Å². The molecule has 5 heteroatoms. The van der Waals surface area contributed by atoms with E-state index >= 15 is 0 Å². The van der Waals surface area contributed by atoms with Gasteiger partial charge >= 0.3 is 5.97 Å². The number of nitrogens with one attached hydrogen (secondary N) is 1. The van der Waals surface area contributed by atoms with Gasteiger partial charge in [-0.1, -0.05) is 23.7 Å². The molecule has 0 bridgehead atoms. The highest BCUT2D eigenvalue weighted by Gasteiger charge is 2.05. The number of carboxylic acids is 1. The van der Waals surface area contributed by atoms with Crippen molar-refractivity contribution >= 4 is 17.6 Å². The number of carbonyl (C=O) groups is 1. The minimum atomic E-state index is -0.770. The Labute approximate surface area is 122 Å². The molecule has 20 heavy (non-hydrogen) atoms. The standard InChI is InChI=1S/C15H16ClNO3/c16-12-4-1-3-11(9-12)14-7-6-13(20-14)10-17-8-2-5-15(18)19/h1,3-4,6-7,9,17H,2,5,8,10H2,(H,18,19). The molecular formula is C15H16ClNO3. The van der Waals surface area contributed by atoms with Crippen LogP contribution in [0.4, 0.5) is 0 Å². The first-order chi connectivity index (χ1) is 9.65. The summed E-state index contributed by atoms with van der Waals surface area (Å²) in [6.07, 6.45) is 0.788. The maximum Gasteiger partial charge on any atom is 0.303 e. The number of carboxylic acid groups (broad SMARTS) is 1. The molecule has 0 spiro atoms. The first kappa shape index (κ1) is 14.6. The molecule has 2 aromatic rings. The van der Waals surface area contributed by atoms with E-state index in [9.17, 15) is 4.79 Å². The minimum absolute atomic E-state index is 0.179. The van der Waals surface area contributed by atoms with Gasteiger partial charge in [0.25, 0.3) is 0 Å².